The Balaban J connectivity index is 2.18. The van der Waals surface area contributed by atoms with Gasteiger partial charge in [-0.15, -0.1) is 10.2 Å². The molecule has 1 aromatic carbocycles. The second-order valence-electron chi connectivity index (χ2n) is 4.56. The minimum absolute atomic E-state index is 0.797. The Hall–Kier alpha value is -2.56. The Morgan fingerprint density at radius 3 is 2.60 bits per heavy atom. The van der Waals surface area contributed by atoms with Gasteiger partial charge in [0.2, 0.25) is 0 Å². The molecule has 0 bridgehead atoms. The summed E-state index contributed by atoms with van der Waals surface area (Å²) < 4.78 is 1.97. The monoisotopic (exact) mass is 265 g/mol. The topological polar surface area (TPSA) is 56.5 Å². The molecule has 0 aliphatic rings. The minimum atomic E-state index is 0.797. The lowest BCUT2D eigenvalue weighted by Gasteiger charge is -2.09. The molecule has 0 aliphatic carbocycles. The van der Waals surface area contributed by atoms with E-state index >= 15 is 0 Å². The zero-order valence-electron chi connectivity index (χ0n) is 11.5. The zero-order valence-corrected chi connectivity index (χ0v) is 11.5. The molecule has 2 heterocycles. The van der Waals surface area contributed by atoms with E-state index in [1.54, 1.807) is 6.33 Å². The highest BCUT2D eigenvalue weighted by atomic mass is 15.3. The molecule has 0 unspecified atom stereocenters. The van der Waals surface area contributed by atoms with Crippen LogP contribution in [0.25, 0.3) is 17.1 Å². The maximum atomic E-state index is 4.26. The van der Waals surface area contributed by atoms with Crippen LogP contribution in [0.2, 0.25) is 0 Å². The number of rotatable bonds is 3. The van der Waals surface area contributed by atoms with E-state index in [9.17, 15) is 0 Å². The van der Waals surface area contributed by atoms with Gasteiger partial charge >= 0.3 is 0 Å². The Morgan fingerprint density at radius 2 is 1.85 bits per heavy atom. The SMILES string of the molecule is CCc1nnc(C)cc1-c1nncn1-c1ccccc1. The highest BCUT2D eigenvalue weighted by Crippen LogP contribution is 2.23. The van der Waals surface area contributed by atoms with Crippen molar-refractivity contribution in [2.75, 3.05) is 0 Å². The van der Waals surface area contributed by atoms with Crippen molar-refractivity contribution in [1.82, 2.24) is 25.0 Å². The van der Waals surface area contributed by atoms with Crippen LogP contribution in [0.1, 0.15) is 18.3 Å². The Bertz CT molecular complexity index is 718. The van der Waals surface area contributed by atoms with Gasteiger partial charge in [-0.05, 0) is 31.5 Å². The van der Waals surface area contributed by atoms with E-state index in [4.69, 9.17) is 0 Å². The van der Waals surface area contributed by atoms with Crippen molar-refractivity contribution in [3.63, 3.8) is 0 Å². The van der Waals surface area contributed by atoms with E-state index in [0.717, 1.165) is 34.9 Å². The number of hydrogen-bond acceptors (Lipinski definition) is 4. The number of aryl methyl sites for hydroxylation is 2. The van der Waals surface area contributed by atoms with Crippen molar-refractivity contribution in [2.45, 2.75) is 20.3 Å². The molecule has 0 N–H and O–H groups in total. The van der Waals surface area contributed by atoms with Gasteiger partial charge in [0.15, 0.2) is 5.82 Å². The fraction of sp³-hybridized carbons (Fsp3) is 0.200. The van der Waals surface area contributed by atoms with Gasteiger partial charge < -0.3 is 0 Å². The highest BCUT2D eigenvalue weighted by molar-refractivity contribution is 5.61. The van der Waals surface area contributed by atoms with E-state index in [0.29, 0.717) is 0 Å². The smallest absolute Gasteiger partial charge is 0.170 e. The van der Waals surface area contributed by atoms with Crippen LogP contribution in [-0.2, 0) is 6.42 Å². The van der Waals surface area contributed by atoms with Crippen LogP contribution in [0.5, 0.6) is 0 Å². The predicted molar refractivity (Wildman–Crippen MR) is 76.5 cm³/mol. The van der Waals surface area contributed by atoms with Crippen LogP contribution in [0.3, 0.4) is 0 Å². The third-order valence-corrected chi connectivity index (χ3v) is 3.15. The van der Waals surface area contributed by atoms with Crippen LogP contribution in [0.4, 0.5) is 0 Å². The van der Waals surface area contributed by atoms with Crippen molar-refractivity contribution < 1.29 is 0 Å². The third kappa shape index (κ3) is 2.18. The lowest BCUT2D eigenvalue weighted by molar-refractivity contribution is 0.888. The van der Waals surface area contributed by atoms with E-state index in [-0.39, 0.29) is 0 Å². The van der Waals surface area contributed by atoms with Gasteiger partial charge in [-0.2, -0.15) is 10.2 Å². The van der Waals surface area contributed by atoms with Crippen molar-refractivity contribution in [2.24, 2.45) is 0 Å². The van der Waals surface area contributed by atoms with Crippen molar-refractivity contribution in [1.29, 1.82) is 0 Å². The number of nitrogens with zero attached hydrogens (tertiary/aromatic N) is 5. The molecule has 0 amide bonds. The standard InChI is InChI=1S/C15H15N5/c1-3-14-13(9-11(2)17-18-14)15-19-16-10-20(15)12-7-5-4-6-8-12/h4-10H,3H2,1-2H3. The molecule has 100 valence electrons. The molecule has 0 atom stereocenters. The first-order valence-corrected chi connectivity index (χ1v) is 6.58. The lowest BCUT2D eigenvalue weighted by Crippen LogP contribution is -2.02. The van der Waals surface area contributed by atoms with Gasteiger partial charge in [0, 0.05) is 11.3 Å². The second-order valence-corrected chi connectivity index (χ2v) is 4.56. The summed E-state index contributed by atoms with van der Waals surface area (Å²) in [6.45, 7) is 3.99. The number of benzene rings is 1. The van der Waals surface area contributed by atoms with Gasteiger partial charge in [0.25, 0.3) is 0 Å². The summed E-state index contributed by atoms with van der Waals surface area (Å²) in [4.78, 5) is 0. The average molecular weight is 265 g/mol. The summed E-state index contributed by atoms with van der Waals surface area (Å²) in [6, 6.07) is 12.0. The molecule has 3 rings (SSSR count). The van der Waals surface area contributed by atoms with Crippen LogP contribution in [-0.4, -0.2) is 25.0 Å². The van der Waals surface area contributed by atoms with Gasteiger partial charge in [-0.25, -0.2) is 0 Å². The molecule has 5 nitrogen and oxygen atoms in total. The summed E-state index contributed by atoms with van der Waals surface area (Å²) in [5, 5.41) is 16.7. The maximum absolute atomic E-state index is 4.26. The molecule has 0 spiro atoms. The Labute approximate surface area is 117 Å². The van der Waals surface area contributed by atoms with Gasteiger partial charge in [0.1, 0.15) is 6.33 Å². The fourth-order valence-electron chi connectivity index (χ4n) is 2.17. The average Bonchev–Trinajstić information content (AvgIpc) is 2.97. The number of para-hydroxylation sites is 1. The van der Waals surface area contributed by atoms with Crippen molar-refractivity contribution in [3.05, 3.63) is 54.1 Å². The molecule has 2 aromatic heterocycles. The minimum Gasteiger partial charge on any atom is -0.282 e. The van der Waals surface area contributed by atoms with Crippen LogP contribution < -0.4 is 0 Å². The molecule has 5 heteroatoms. The first-order valence-electron chi connectivity index (χ1n) is 6.58. The van der Waals surface area contributed by atoms with Crippen LogP contribution in [0.15, 0.2) is 42.7 Å². The van der Waals surface area contributed by atoms with E-state index in [2.05, 4.69) is 27.3 Å². The van der Waals surface area contributed by atoms with Crippen LogP contribution in [0, 0.1) is 6.92 Å². The Morgan fingerprint density at radius 1 is 1.05 bits per heavy atom. The first kappa shape index (κ1) is 12.5. The quantitative estimate of drug-likeness (QED) is 0.730. The largest absolute Gasteiger partial charge is 0.282 e. The Kier molecular flexibility index (Phi) is 3.25. The maximum Gasteiger partial charge on any atom is 0.170 e. The van der Waals surface area contributed by atoms with Gasteiger partial charge in [-0.3, -0.25) is 4.57 Å². The molecule has 0 aliphatic heterocycles. The fourth-order valence-corrected chi connectivity index (χ4v) is 2.17. The molecule has 3 aromatic rings. The third-order valence-electron chi connectivity index (χ3n) is 3.15. The normalized spacial score (nSPS) is 10.7. The van der Waals surface area contributed by atoms with E-state index in [1.807, 2.05) is 47.9 Å². The first-order chi connectivity index (χ1) is 9.79. The highest BCUT2D eigenvalue weighted by Gasteiger charge is 2.14. The summed E-state index contributed by atoms with van der Waals surface area (Å²) in [5.41, 5.74) is 3.82. The van der Waals surface area contributed by atoms with Crippen molar-refractivity contribution in [3.8, 4) is 17.1 Å². The van der Waals surface area contributed by atoms with E-state index in [1.165, 1.54) is 0 Å². The van der Waals surface area contributed by atoms with Crippen molar-refractivity contribution >= 4 is 0 Å². The summed E-state index contributed by atoms with van der Waals surface area (Å²) in [6.07, 6.45) is 2.53. The molecular formula is C15H15N5. The molecule has 0 saturated carbocycles. The van der Waals surface area contributed by atoms with Gasteiger partial charge in [0.05, 0.1) is 11.4 Å². The summed E-state index contributed by atoms with van der Waals surface area (Å²) >= 11 is 0. The zero-order chi connectivity index (χ0) is 13.9. The molecule has 0 saturated heterocycles. The predicted octanol–water partition coefficient (Wildman–Crippen LogP) is 2.60. The molecule has 0 radical (unpaired) electrons. The van der Waals surface area contributed by atoms with E-state index < -0.39 is 0 Å². The van der Waals surface area contributed by atoms with Crippen LogP contribution >= 0.6 is 0 Å². The summed E-state index contributed by atoms with van der Waals surface area (Å²) in [7, 11) is 0. The molecule has 20 heavy (non-hydrogen) atoms. The molecular weight excluding hydrogens is 250 g/mol. The molecule has 0 fully saturated rings. The lowest BCUT2D eigenvalue weighted by atomic mass is 10.1. The summed E-state index contributed by atoms with van der Waals surface area (Å²) in [5.74, 6) is 0.797. The number of hydrogen-bond donors (Lipinski definition) is 0. The van der Waals surface area contributed by atoms with Gasteiger partial charge in [-0.1, -0.05) is 25.1 Å². The number of aromatic nitrogens is 5. The second kappa shape index (κ2) is 5.21.